The lowest BCUT2D eigenvalue weighted by molar-refractivity contribution is 0.346. The molecule has 0 atom stereocenters. The Balaban J connectivity index is 1.72. The highest BCUT2D eigenvalue weighted by atomic mass is 32.2. The maximum absolute atomic E-state index is 13.8. The van der Waals surface area contributed by atoms with Gasteiger partial charge in [-0.25, -0.2) is 22.2 Å². The predicted octanol–water partition coefficient (Wildman–Crippen LogP) is 3.37. The van der Waals surface area contributed by atoms with Gasteiger partial charge in [0, 0.05) is 30.9 Å². The van der Waals surface area contributed by atoms with E-state index in [1.54, 1.807) is 6.92 Å². The first-order valence-corrected chi connectivity index (χ1v) is 10.0. The lowest BCUT2D eigenvalue weighted by Gasteiger charge is -2.25. The third kappa shape index (κ3) is 4.48. The van der Waals surface area contributed by atoms with Crippen molar-refractivity contribution in [1.29, 1.82) is 0 Å². The summed E-state index contributed by atoms with van der Waals surface area (Å²) < 4.78 is 53.4. The van der Waals surface area contributed by atoms with Crippen molar-refractivity contribution >= 4 is 21.6 Å². The molecule has 27 heavy (non-hydrogen) atoms. The number of rotatable bonds is 5. The van der Waals surface area contributed by atoms with Crippen LogP contribution in [0.25, 0.3) is 0 Å². The first-order chi connectivity index (χ1) is 12.9. The zero-order valence-electron chi connectivity index (χ0n) is 14.8. The lowest BCUT2D eigenvalue weighted by atomic mass is 10.1. The van der Waals surface area contributed by atoms with Crippen LogP contribution in [0.2, 0.25) is 0 Å². The third-order valence-corrected chi connectivity index (χ3v) is 6.23. The molecule has 1 saturated heterocycles. The van der Waals surface area contributed by atoms with Crippen molar-refractivity contribution in [3.05, 3.63) is 53.7 Å². The van der Waals surface area contributed by atoms with Crippen LogP contribution in [0.5, 0.6) is 0 Å². The summed E-state index contributed by atoms with van der Waals surface area (Å²) in [5, 5.41) is 4.02. The summed E-state index contributed by atoms with van der Waals surface area (Å²) in [5.74, 6) is -1.06. The molecular weight excluding hydrogens is 374 g/mol. The van der Waals surface area contributed by atoms with E-state index in [4.69, 9.17) is 0 Å². The van der Waals surface area contributed by atoms with Crippen molar-refractivity contribution in [2.45, 2.75) is 31.1 Å². The molecule has 0 spiro atoms. The minimum Gasteiger partial charge on any atom is -0.261 e. The van der Waals surface area contributed by atoms with Crippen molar-refractivity contribution < 1.29 is 17.2 Å². The highest BCUT2D eigenvalue weighted by molar-refractivity contribution is 7.89. The van der Waals surface area contributed by atoms with Crippen LogP contribution < -0.4 is 5.43 Å². The smallest absolute Gasteiger partial charge is 0.244 e. The molecule has 1 fully saturated rings. The summed E-state index contributed by atoms with van der Waals surface area (Å²) in [6.45, 7) is 2.61. The number of nitrogens with zero attached hydrogens (tertiary/aromatic N) is 3. The van der Waals surface area contributed by atoms with E-state index in [-0.39, 0.29) is 10.5 Å². The van der Waals surface area contributed by atoms with Crippen LogP contribution in [0.4, 0.5) is 14.6 Å². The first-order valence-electron chi connectivity index (χ1n) is 8.60. The van der Waals surface area contributed by atoms with E-state index >= 15 is 0 Å². The number of hydrogen-bond donors (Lipinski definition) is 1. The molecule has 1 aromatic carbocycles. The lowest BCUT2D eigenvalue weighted by Crippen LogP contribution is -2.35. The number of hydrazone groups is 1. The molecule has 1 aliphatic heterocycles. The highest BCUT2D eigenvalue weighted by Crippen LogP contribution is 2.20. The van der Waals surface area contributed by atoms with Gasteiger partial charge in [-0.05, 0) is 44.0 Å². The summed E-state index contributed by atoms with van der Waals surface area (Å²) in [6.07, 6.45) is 4.04. The van der Waals surface area contributed by atoms with Crippen LogP contribution in [0.15, 0.2) is 46.5 Å². The SMILES string of the molecule is C/C(=N\Nc1ccc(S(=O)(=O)N2CCCCC2)cn1)c1ccc(F)cc1F. The van der Waals surface area contributed by atoms with Crippen molar-refractivity contribution in [1.82, 2.24) is 9.29 Å². The Kier molecular flexibility index (Phi) is 5.81. The van der Waals surface area contributed by atoms with Crippen LogP contribution in [0.1, 0.15) is 31.7 Å². The van der Waals surface area contributed by atoms with E-state index in [1.807, 2.05) is 0 Å². The molecule has 6 nitrogen and oxygen atoms in total. The molecule has 9 heteroatoms. The first kappa shape index (κ1) is 19.4. The number of nitrogens with one attached hydrogen (secondary N) is 1. The van der Waals surface area contributed by atoms with Gasteiger partial charge in [-0.1, -0.05) is 6.42 Å². The van der Waals surface area contributed by atoms with Crippen LogP contribution in [-0.2, 0) is 10.0 Å². The van der Waals surface area contributed by atoms with Crippen molar-refractivity contribution in [3.63, 3.8) is 0 Å². The summed E-state index contributed by atoms with van der Waals surface area (Å²) in [5.41, 5.74) is 3.12. The molecule has 0 aliphatic carbocycles. The number of sulfonamides is 1. The fourth-order valence-electron chi connectivity index (χ4n) is 2.84. The molecule has 3 rings (SSSR count). The number of pyridine rings is 1. The Morgan fingerprint density at radius 1 is 1.15 bits per heavy atom. The maximum atomic E-state index is 13.8. The van der Waals surface area contributed by atoms with E-state index in [0.717, 1.165) is 31.4 Å². The minimum absolute atomic E-state index is 0.125. The maximum Gasteiger partial charge on any atom is 0.244 e. The van der Waals surface area contributed by atoms with Crippen LogP contribution in [0, 0.1) is 11.6 Å². The minimum atomic E-state index is -3.54. The zero-order valence-corrected chi connectivity index (χ0v) is 15.6. The molecule has 1 aliphatic rings. The molecule has 0 unspecified atom stereocenters. The van der Waals surface area contributed by atoms with Gasteiger partial charge in [-0.15, -0.1) is 0 Å². The number of piperidine rings is 1. The molecule has 2 heterocycles. The summed E-state index contributed by atoms with van der Waals surface area (Å²) in [6, 6.07) is 6.19. The summed E-state index contributed by atoms with van der Waals surface area (Å²) in [4.78, 5) is 4.19. The monoisotopic (exact) mass is 394 g/mol. The van der Waals surface area contributed by atoms with E-state index in [9.17, 15) is 17.2 Å². The van der Waals surface area contributed by atoms with E-state index in [2.05, 4.69) is 15.5 Å². The van der Waals surface area contributed by atoms with E-state index in [0.29, 0.717) is 24.6 Å². The molecule has 1 N–H and O–H groups in total. The Morgan fingerprint density at radius 2 is 1.89 bits per heavy atom. The zero-order chi connectivity index (χ0) is 19.4. The van der Waals surface area contributed by atoms with Gasteiger partial charge < -0.3 is 0 Å². The fraction of sp³-hybridized carbons (Fsp3) is 0.333. The second-order valence-electron chi connectivity index (χ2n) is 6.28. The van der Waals surface area contributed by atoms with Gasteiger partial charge in [-0.3, -0.25) is 5.43 Å². The molecule has 0 radical (unpaired) electrons. The van der Waals surface area contributed by atoms with Gasteiger partial charge in [0.05, 0.1) is 5.71 Å². The molecule has 144 valence electrons. The van der Waals surface area contributed by atoms with Crippen LogP contribution in [0.3, 0.4) is 0 Å². The van der Waals surface area contributed by atoms with Crippen LogP contribution >= 0.6 is 0 Å². The normalized spacial score (nSPS) is 16.3. The molecular formula is C18H20F2N4O2S. The Morgan fingerprint density at radius 3 is 2.52 bits per heavy atom. The summed E-state index contributed by atoms with van der Waals surface area (Å²) in [7, 11) is -3.54. The average Bonchev–Trinajstić information content (AvgIpc) is 2.67. The van der Waals surface area contributed by atoms with Gasteiger partial charge >= 0.3 is 0 Å². The second-order valence-corrected chi connectivity index (χ2v) is 8.22. The van der Waals surface area contributed by atoms with Gasteiger partial charge in [0.15, 0.2) is 0 Å². The predicted molar refractivity (Wildman–Crippen MR) is 99.0 cm³/mol. The number of aromatic nitrogens is 1. The summed E-state index contributed by atoms with van der Waals surface area (Å²) >= 11 is 0. The average molecular weight is 394 g/mol. The Hall–Kier alpha value is -2.39. The third-order valence-electron chi connectivity index (χ3n) is 4.35. The molecule has 0 amide bonds. The quantitative estimate of drug-likeness (QED) is 0.623. The van der Waals surface area contributed by atoms with E-state index < -0.39 is 21.7 Å². The van der Waals surface area contributed by atoms with Crippen molar-refractivity contribution in [2.75, 3.05) is 18.5 Å². The molecule has 1 aromatic heterocycles. The van der Waals surface area contributed by atoms with E-state index in [1.165, 1.54) is 28.7 Å². The molecule has 0 saturated carbocycles. The van der Waals surface area contributed by atoms with Crippen molar-refractivity contribution in [3.8, 4) is 0 Å². The highest BCUT2D eigenvalue weighted by Gasteiger charge is 2.26. The van der Waals surface area contributed by atoms with Gasteiger partial charge in [0.2, 0.25) is 10.0 Å². The topological polar surface area (TPSA) is 74.7 Å². The Labute approximate surface area is 157 Å². The Bertz CT molecular complexity index is 940. The van der Waals surface area contributed by atoms with Gasteiger partial charge in [-0.2, -0.15) is 9.41 Å². The fourth-order valence-corrected chi connectivity index (χ4v) is 4.30. The standard InChI is InChI=1S/C18H20F2N4O2S/c1-13(16-7-5-14(19)11-17(16)20)22-23-18-8-6-15(12-21-18)27(25,26)24-9-3-2-4-10-24/h5-8,11-12H,2-4,9-10H2,1H3,(H,21,23)/b22-13+. The van der Waals surface area contributed by atoms with Gasteiger partial charge in [0.25, 0.3) is 0 Å². The molecule has 2 aromatic rings. The molecule has 0 bridgehead atoms. The second kappa shape index (κ2) is 8.10. The number of hydrogen-bond acceptors (Lipinski definition) is 5. The van der Waals surface area contributed by atoms with Crippen LogP contribution in [-0.4, -0.2) is 36.5 Å². The largest absolute Gasteiger partial charge is 0.261 e. The number of anilines is 1. The van der Waals surface area contributed by atoms with Crippen molar-refractivity contribution in [2.24, 2.45) is 5.10 Å². The number of halogens is 2. The number of benzene rings is 1. The van der Waals surface area contributed by atoms with Gasteiger partial charge in [0.1, 0.15) is 22.3 Å².